The number of esters is 1. The summed E-state index contributed by atoms with van der Waals surface area (Å²) in [4.78, 5) is 11.8. The van der Waals surface area contributed by atoms with Crippen LogP contribution in [-0.2, 0) is 18.7 Å². The first-order valence-corrected chi connectivity index (χ1v) is 12.3. The van der Waals surface area contributed by atoms with Crippen LogP contribution < -0.4 is 10.4 Å². The Bertz CT molecular complexity index is 800. The number of carbonyl (C=O) groups excluding carboxylic acids is 1. The van der Waals surface area contributed by atoms with Crippen LogP contribution in [0.1, 0.15) is 27.7 Å². The smallest absolute Gasteiger partial charge is 0.303 e. The summed E-state index contributed by atoms with van der Waals surface area (Å²) >= 11 is 0. The average Bonchev–Trinajstić information content (AvgIpc) is 3.00. The fourth-order valence-electron chi connectivity index (χ4n) is 4.45. The molecule has 0 radical (unpaired) electrons. The fraction of sp³-hybridized carbons (Fsp3) is 0.435. The van der Waals surface area contributed by atoms with Crippen molar-refractivity contribution in [1.82, 2.24) is 0 Å². The number of rotatable bonds is 6. The molecule has 0 spiro atoms. The van der Waals surface area contributed by atoms with Gasteiger partial charge in [-0.2, -0.15) is 0 Å². The monoisotopic (exact) mass is 426 g/mol. The molecule has 1 aliphatic heterocycles. The SMILES string of the molecule is B[C@@H]1O[C@H](CO)[C@@H](O[Si](c2ccccc2)(c2ccccc2)C(C)(C)C)[C@@H]1OC(C)=O. The first-order chi connectivity index (χ1) is 14.2. The van der Waals surface area contributed by atoms with E-state index in [1.807, 2.05) is 44.2 Å². The first kappa shape index (κ1) is 22.8. The summed E-state index contributed by atoms with van der Waals surface area (Å²) in [5.74, 6) is -0.384. The van der Waals surface area contributed by atoms with E-state index < -0.39 is 26.6 Å². The number of aliphatic hydroxyl groups excluding tert-OH is 1. The highest BCUT2D eigenvalue weighted by Gasteiger charge is 2.56. The van der Waals surface area contributed by atoms with Crippen molar-refractivity contribution in [2.45, 2.75) is 57.0 Å². The van der Waals surface area contributed by atoms with Gasteiger partial charge in [-0.3, -0.25) is 4.79 Å². The van der Waals surface area contributed by atoms with E-state index in [2.05, 4.69) is 45.0 Å². The van der Waals surface area contributed by atoms with E-state index in [0.717, 1.165) is 10.4 Å². The Balaban J connectivity index is 2.18. The molecular formula is C23H31BO5Si. The number of aliphatic hydroxyl groups is 1. The summed E-state index contributed by atoms with van der Waals surface area (Å²) in [5, 5.41) is 12.0. The zero-order valence-corrected chi connectivity index (χ0v) is 19.4. The minimum Gasteiger partial charge on any atom is -0.458 e. The Labute approximate surface area is 180 Å². The maximum Gasteiger partial charge on any atom is 0.303 e. The van der Waals surface area contributed by atoms with E-state index in [1.165, 1.54) is 6.92 Å². The number of hydrogen-bond acceptors (Lipinski definition) is 5. The van der Waals surface area contributed by atoms with Crippen molar-refractivity contribution < 1.29 is 23.8 Å². The predicted octanol–water partition coefficient (Wildman–Crippen LogP) is 1.21. The average molecular weight is 426 g/mol. The van der Waals surface area contributed by atoms with E-state index in [4.69, 9.17) is 13.9 Å². The molecule has 5 nitrogen and oxygen atoms in total. The third kappa shape index (κ3) is 4.25. The number of benzene rings is 2. The second-order valence-electron chi connectivity index (χ2n) is 8.88. The molecule has 3 rings (SSSR count). The summed E-state index contributed by atoms with van der Waals surface area (Å²) in [7, 11) is -1.03. The molecule has 0 unspecified atom stereocenters. The maximum absolute atomic E-state index is 11.8. The van der Waals surface area contributed by atoms with Crippen LogP contribution >= 0.6 is 0 Å². The number of ether oxygens (including phenoxy) is 2. The van der Waals surface area contributed by atoms with Crippen molar-refractivity contribution >= 4 is 32.5 Å². The molecule has 4 atom stereocenters. The first-order valence-electron chi connectivity index (χ1n) is 10.4. The van der Waals surface area contributed by atoms with Gasteiger partial charge in [0, 0.05) is 6.92 Å². The van der Waals surface area contributed by atoms with Gasteiger partial charge in [0.2, 0.25) is 0 Å². The maximum atomic E-state index is 11.8. The minimum atomic E-state index is -2.88. The van der Waals surface area contributed by atoms with Crippen molar-refractivity contribution in [2.24, 2.45) is 0 Å². The summed E-state index contributed by atoms with van der Waals surface area (Å²) in [5.41, 5.74) is 0. The number of carbonyl (C=O) groups is 1. The van der Waals surface area contributed by atoms with E-state index in [9.17, 15) is 9.90 Å². The molecule has 1 saturated heterocycles. The summed E-state index contributed by atoms with van der Waals surface area (Å²) in [6.45, 7) is 7.75. The van der Waals surface area contributed by atoms with Gasteiger partial charge in [-0.1, -0.05) is 81.4 Å². The number of hydrogen-bond donors (Lipinski definition) is 1. The molecular weight excluding hydrogens is 395 g/mol. The van der Waals surface area contributed by atoms with E-state index in [-0.39, 0.29) is 23.6 Å². The predicted molar refractivity (Wildman–Crippen MR) is 122 cm³/mol. The molecule has 1 aliphatic rings. The Morgan fingerprint density at radius 3 is 1.93 bits per heavy atom. The van der Waals surface area contributed by atoms with Crippen LogP contribution in [0.15, 0.2) is 60.7 Å². The minimum absolute atomic E-state index is 0.203. The Hall–Kier alpha value is -1.93. The Morgan fingerprint density at radius 1 is 1.03 bits per heavy atom. The molecule has 0 bridgehead atoms. The van der Waals surface area contributed by atoms with Crippen LogP contribution in [0.25, 0.3) is 0 Å². The van der Waals surface area contributed by atoms with Crippen LogP contribution in [0.3, 0.4) is 0 Å². The van der Waals surface area contributed by atoms with Crippen molar-refractivity contribution in [1.29, 1.82) is 0 Å². The lowest BCUT2D eigenvalue weighted by Crippen LogP contribution is -2.69. The molecule has 7 heteroatoms. The molecule has 2 aromatic rings. The van der Waals surface area contributed by atoms with Gasteiger partial charge in [-0.05, 0) is 15.4 Å². The van der Waals surface area contributed by atoms with E-state index in [1.54, 1.807) is 0 Å². The normalized spacial score (nSPS) is 24.6. The van der Waals surface area contributed by atoms with Gasteiger partial charge in [0.05, 0.1) is 12.6 Å². The van der Waals surface area contributed by atoms with Crippen LogP contribution in [0.5, 0.6) is 0 Å². The van der Waals surface area contributed by atoms with Crippen LogP contribution in [0.4, 0.5) is 0 Å². The molecule has 30 heavy (non-hydrogen) atoms. The summed E-state index contributed by atoms with van der Waals surface area (Å²) in [6, 6.07) is 20.2. The molecule has 1 fully saturated rings. The van der Waals surface area contributed by atoms with Crippen LogP contribution in [-0.4, -0.2) is 58.2 Å². The van der Waals surface area contributed by atoms with Crippen molar-refractivity contribution in [3.63, 3.8) is 0 Å². The second kappa shape index (κ2) is 9.06. The lowest BCUT2D eigenvalue weighted by atomic mass is 9.93. The van der Waals surface area contributed by atoms with Gasteiger partial charge in [0.25, 0.3) is 8.32 Å². The largest absolute Gasteiger partial charge is 0.458 e. The van der Waals surface area contributed by atoms with Crippen molar-refractivity contribution in [3.05, 3.63) is 60.7 Å². The highest BCUT2D eigenvalue weighted by molar-refractivity contribution is 6.99. The third-order valence-corrected chi connectivity index (χ3v) is 10.8. The zero-order chi connectivity index (χ0) is 21.9. The quantitative estimate of drug-likeness (QED) is 0.556. The van der Waals surface area contributed by atoms with E-state index in [0.29, 0.717) is 0 Å². The van der Waals surface area contributed by atoms with E-state index >= 15 is 0 Å². The molecule has 1 heterocycles. The van der Waals surface area contributed by atoms with Crippen molar-refractivity contribution in [2.75, 3.05) is 6.61 Å². The summed E-state index contributed by atoms with van der Waals surface area (Å²) < 4.78 is 18.7. The van der Waals surface area contributed by atoms with Crippen LogP contribution in [0, 0.1) is 0 Å². The topological polar surface area (TPSA) is 65.0 Å². The summed E-state index contributed by atoms with van der Waals surface area (Å²) in [6.07, 6.45) is -1.72. The molecule has 0 saturated carbocycles. The van der Waals surface area contributed by atoms with Gasteiger partial charge < -0.3 is 19.0 Å². The van der Waals surface area contributed by atoms with Gasteiger partial charge in [0.15, 0.2) is 0 Å². The molecule has 0 amide bonds. The van der Waals surface area contributed by atoms with Gasteiger partial charge in [0.1, 0.15) is 26.2 Å². The standard InChI is InChI=1S/C23H31BO5Si/c1-16(26)27-21-20(19(15-25)28-22(21)24)29-30(23(2,3)4,17-11-7-5-8-12-17)18-13-9-6-10-14-18/h5-14,19-22,25H,15,24H2,1-4H3/t19-,20-,21+,22-/m1/s1. The zero-order valence-electron chi connectivity index (χ0n) is 18.4. The molecule has 2 aromatic carbocycles. The van der Waals surface area contributed by atoms with Gasteiger partial charge in [-0.15, -0.1) is 0 Å². The molecule has 1 N–H and O–H groups in total. The van der Waals surface area contributed by atoms with Gasteiger partial charge in [-0.25, -0.2) is 0 Å². The lowest BCUT2D eigenvalue weighted by Gasteiger charge is -2.45. The Kier molecular flexibility index (Phi) is 6.87. The lowest BCUT2D eigenvalue weighted by molar-refractivity contribution is -0.150. The third-order valence-electron chi connectivity index (χ3n) is 5.75. The fourth-order valence-corrected chi connectivity index (χ4v) is 9.16. The molecule has 0 aromatic heterocycles. The Morgan fingerprint density at radius 2 is 1.53 bits per heavy atom. The molecule has 160 valence electrons. The highest BCUT2D eigenvalue weighted by Crippen LogP contribution is 2.40. The second-order valence-corrected chi connectivity index (χ2v) is 13.1. The van der Waals surface area contributed by atoms with Crippen molar-refractivity contribution in [3.8, 4) is 0 Å². The van der Waals surface area contributed by atoms with Gasteiger partial charge >= 0.3 is 5.97 Å². The highest BCUT2D eigenvalue weighted by atomic mass is 28.4. The molecule has 0 aliphatic carbocycles. The van der Waals surface area contributed by atoms with Crippen LogP contribution in [0.2, 0.25) is 5.04 Å².